The van der Waals surface area contributed by atoms with Gasteiger partial charge >= 0.3 is 20.8 Å². The highest BCUT2D eigenvalue weighted by molar-refractivity contribution is 7.81. The Bertz CT molecular complexity index is 253. The van der Waals surface area contributed by atoms with Crippen molar-refractivity contribution in [3.63, 3.8) is 0 Å². The molecule has 0 aliphatic carbocycles. The van der Waals surface area contributed by atoms with Gasteiger partial charge in [-0.15, -0.1) is 0 Å². The highest BCUT2D eigenvalue weighted by Gasteiger charge is 1.94. The molecule has 0 atom stereocenters. The minimum Gasteiger partial charge on any atom is -0.264 e. The van der Waals surface area contributed by atoms with Crippen molar-refractivity contribution in [2.75, 3.05) is 14.2 Å². The molecular formula is C3H12O8S2. The van der Waals surface area contributed by atoms with Gasteiger partial charge in [0, 0.05) is 0 Å². The van der Waals surface area contributed by atoms with Crippen molar-refractivity contribution < 1.29 is 34.3 Å². The van der Waals surface area contributed by atoms with Gasteiger partial charge in [-0.05, 0) is 0 Å². The first-order chi connectivity index (χ1) is 5.12. The second-order valence-electron chi connectivity index (χ2n) is 1.19. The normalized spacial score (nSPS) is 10.8. The van der Waals surface area contributed by atoms with Crippen LogP contribution in [-0.2, 0) is 29.2 Å². The van der Waals surface area contributed by atoms with Crippen LogP contribution < -0.4 is 0 Å². The van der Waals surface area contributed by atoms with Crippen LogP contribution in [0.5, 0.6) is 0 Å². The monoisotopic (exact) mass is 240 g/mol. The molecule has 0 unspecified atom stereocenters. The first kappa shape index (κ1) is 18.5. The summed E-state index contributed by atoms with van der Waals surface area (Å²) in [7, 11) is -6.58. The molecule has 0 saturated carbocycles. The molecule has 2 N–H and O–H groups in total. The van der Waals surface area contributed by atoms with E-state index in [0.29, 0.717) is 0 Å². The maximum absolute atomic E-state index is 9.33. The fourth-order valence-electron chi connectivity index (χ4n) is 0. The highest BCUT2D eigenvalue weighted by atomic mass is 32.3. The van der Waals surface area contributed by atoms with E-state index in [2.05, 4.69) is 8.37 Å². The van der Waals surface area contributed by atoms with Gasteiger partial charge < -0.3 is 0 Å². The smallest absolute Gasteiger partial charge is 0.264 e. The van der Waals surface area contributed by atoms with E-state index in [-0.39, 0.29) is 7.43 Å². The van der Waals surface area contributed by atoms with E-state index in [0.717, 1.165) is 14.2 Å². The van der Waals surface area contributed by atoms with Crippen LogP contribution in [0.3, 0.4) is 0 Å². The van der Waals surface area contributed by atoms with Crippen molar-refractivity contribution in [1.82, 2.24) is 0 Å². The van der Waals surface area contributed by atoms with Gasteiger partial charge in [-0.25, -0.2) is 0 Å². The molecule has 0 rings (SSSR count). The molecule has 84 valence electrons. The lowest BCUT2D eigenvalue weighted by Crippen LogP contribution is -1.96. The summed E-state index contributed by atoms with van der Waals surface area (Å²) in [5.41, 5.74) is 0. The van der Waals surface area contributed by atoms with Crippen LogP contribution in [0.15, 0.2) is 0 Å². The summed E-state index contributed by atoms with van der Waals surface area (Å²) in [6.45, 7) is 0. The van der Waals surface area contributed by atoms with Crippen molar-refractivity contribution in [2.45, 2.75) is 7.43 Å². The third kappa shape index (κ3) is 33.8. The molecule has 0 bridgehead atoms. The van der Waals surface area contributed by atoms with Crippen molar-refractivity contribution in [2.24, 2.45) is 0 Å². The van der Waals surface area contributed by atoms with Crippen LogP contribution in [0.2, 0.25) is 0 Å². The maximum Gasteiger partial charge on any atom is 0.397 e. The Hall–Kier alpha value is -0.260. The molecule has 13 heavy (non-hydrogen) atoms. The summed E-state index contributed by atoms with van der Waals surface area (Å²) in [6, 6.07) is 0. The van der Waals surface area contributed by atoms with Gasteiger partial charge in [0.25, 0.3) is 0 Å². The van der Waals surface area contributed by atoms with Gasteiger partial charge in [0.05, 0.1) is 14.2 Å². The zero-order chi connectivity index (χ0) is 10.4. The fourth-order valence-corrected chi connectivity index (χ4v) is 0. The standard InChI is InChI=1S/2CH4O4S.CH4/c2*1-5-6(2,3)4;/h2*1H3,(H,2,3,4);1H4. The third-order valence-electron chi connectivity index (χ3n) is 0.421. The van der Waals surface area contributed by atoms with Crippen LogP contribution >= 0.6 is 0 Å². The van der Waals surface area contributed by atoms with E-state index < -0.39 is 20.8 Å². The van der Waals surface area contributed by atoms with E-state index in [1.54, 1.807) is 0 Å². The first-order valence-electron chi connectivity index (χ1n) is 2.18. The Morgan fingerprint density at radius 3 is 0.923 bits per heavy atom. The van der Waals surface area contributed by atoms with Gasteiger partial charge in [0.2, 0.25) is 0 Å². The van der Waals surface area contributed by atoms with Crippen LogP contribution in [0.1, 0.15) is 7.43 Å². The van der Waals surface area contributed by atoms with Crippen molar-refractivity contribution in [3.8, 4) is 0 Å². The quantitative estimate of drug-likeness (QED) is 0.619. The van der Waals surface area contributed by atoms with Crippen LogP contribution in [0, 0.1) is 0 Å². The minimum atomic E-state index is -4.16. The lowest BCUT2D eigenvalue weighted by molar-refractivity contribution is 0.323. The summed E-state index contributed by atoms with van der Waals surface area (Å²) < 4.78 is 59.4. The average molecular weight is 240 g/mol. The number of hydrogen-bond acceptors (Lipinski definition) is 6. The van der Waals surface area contributed by atoms with Gasteiger partial charge in [-0.3, -0.25) is 17.5 Å². The largest absolute Gasteiger partial charge is 0.397 e. The van der Waals surface area contributed by atoms with Gasteiger partial charge in [-0.1, -0.05) is 7.43 Å². The van der Waals surface area contributed by atoms with Crippen molar-refractivity contribution in [1.29, 1.82) is 0 Å². The Morgan fingerprint density at radius 2 is 0.923 bits per heavy atom. The molecule has 0 aromatic carbocycles. The van der Waals surface area contributed by atoms with Crippen LogP contribution in [0.25, 0.3) is 0 Å². The molecule has 8 nitrogen and oxygen atoms in total. The Labute approximate surface area is 77.4 Å². The van der Waals surface area contributed by atoms with Gasteiger partial charge in [-0.2, -0.15) is 16.8 Å². The molecule has 0 aliphatic rings. The Balaban J connectivity index is -0.000000143. The molecule has 0 spiro atoms. The van der Waals surface area contributed by atoms with Crippen molar-refractivity contribution in [3.05, 3.63) is 0 Å². The van der Waals surface area contributed by atoms with E-state index >= 15 is 0 Å². The lowest BCUT2D eigenvalue weighted by Gasteiger charge is -1.82. The van der Waals surface area contributed by atoms with Crippen molar-refractivity contribution >= 4 is 20.8 Å². The summed E-state index contributed by atoms with van der Waals surface area (Å²) in [5.74, 6) is 0. The molecule has 0 amide bonds. The average Bonchev–Trinajstić information content (AvgIpc) is 1.86. The lowest BCUT2D eigenvalue weighted by atomic mass is 11.8. The predicted molar refractivity (Wildman–Crippen MR) is 43.8 cm³/mol. The SMILES string of the molecule is C.COS(=O)(=O)O.COS(=O)(=O)O. The summed E-state index contributed by atoms with van der Waals surface area (Å²) >= 11 is 0. The predicted octanol–water partition coefficient (Wildman–Crippen LogP) is -0.493. The zero-order valence-electron chi connectivity index (χ0n) is 6.16. The van der Waals surface area contributed by atoms with Crippen LogP contribution in [-0.4, -0.2) is 40.2 Å². The molecule has 0 heterocycles. The number of rotatable bonds is 2. The maximum atomic E-state index is 9.33. The second kappa shape index (κ2) is 7.17. The van der Waals surface area contributed by atoms with E-state index in [1.165, 1.54) is 0 Å². The molecule has 0 radical (unpaired) electrons. The van der Waals surface area contributed by atoms with E-state index in [9.17, 15) is 16.8 Å². The summed E-state index contributed by atoms with van der Waals surface area (Å²) in [4.78, 5) is 0. The summed E-state index contributed by atoms with van der Waals surface area (Å²) in [6.07, 6.45) is 0. The van der Waals surface area contributed by atoms with E-state index in [4.69, 9.17) is 9.11 Å². The second-order valence-corrected chi connectivity index (χ2v) is 3.57. The van der Waals surface area contributed by atoms with Gasteiger partial charge in [0.15, 0.2) is 0 Å². The Kier molecular flexibility index (Phi) is 10.2. The molecule has 0 fully saturated rings. The molecule has 0 saturated heterocycles. The molecule has 0 aromatic heterocycles. The first-order valence-corrected chi connectivity index (χ1v) is 4.91. The molecule has 10 heteroatoms. The Morgan fingerprint density at radius 1 is 0.846 bits per heavy atom. The number of hydrogen-bond donors (Lipinski definition) is 2. The highest BCUT2D eigenvalue weighted by Crippen LogP contribution is 1.75. The fraction of sp³-hybridized carbons (Fsp3) is 1.00. The van der Waals surface area contributed by atoms with Gasteiger partial charge in [0.1, 0.15) is 0 Å². The van der Waals surface area contributed by atoms with E-state index in [1.807, 2.05) is 0 Å². The third-order valence-corrected chi connectivity index (χ3v) is 1.26. The topological polar surface area (TPSA) is 127 Å². The molecule has 0 aromatic rings. The molecular weight excluding hydrogens is 228 g/mol. The zero-order valence-corrected chi connectivity index (χ0v) is 7.79. The molecule has 0 aliphatic heterocycles. The summed E-state index contributed by atoms with van der Waals surface area (Å²) in [5, 5.41) is 0. The minimum absolute atomic E-state index is 0. The van der Waals surface area contributed by atoms with Crippen LogP contribution in [0.4, 0.5) is 0 Å².